The van der Waals surface area contributed by atoms with Gasteiger partial charge in [-0.1, -0.05) is 25.3 Å². The second kappa shape index (κ2) is 7.54. The molecular weight excluding hydrogens is 228 g/mol. The third-order valence-electron chi connectivity index (χ3n) is 3.62. The molecule has 104 valence electrons. The van der Waals surface area contributed by atoms with Crippen LogP contribution in [-0.2, 0) is 9.53 Å². The number of nitrogens with two attached hydrogens (primary N) is 1. The van der Waals surface area contributed by atoms with Crippen molar-refractivity contribution < 1.29 is 9.53 Å². The Bertz CT molecular complexity index is 273. The summed E-state index contributed by atoms with van der Waals surface area (Å²) < 4.78 is 5.02. The number of amides is 1. The number of hydrogen-bond donors (Lipinski definition) is 1. The van der Waals surface area contributed by atoms with Crippen LogP contribution in [0.5, 0.6) is 0 Å². The van der Waals surface area contributed by atoms with Crippen LogP contribution in [0.1, 0.15) is 38.5 Å². The van der Waals surface area contributed by atoms with E-state index < -0.39 is 0 Å². The maximum atomic E-state index is 12.3. The van der Waals surface area contributed by atoms with E-state index in [1.807, 2.05) is 0 Å². The van der Waals surface area contributed by atoms with Crippen molar-refractivity contribution in [1.29, 1.82) is 0 Å². The molecule has 2 N–H and O–H groups in total. The summed E-state index contributed by atoms with van der Waals surface area (Å²) in [5, 5.41) is 0. The Kier molecular flexibility index (Phi) is 6.36. The molecule has 1 fully saturated rings. The van der Waals surface area contributed by atoms with E-state index in [2.05, 4.69) is 6.58 Å². The van der Waals surface area contributed by atoms with Gasteiger partial charge in [-0.25, -0.2) is 0 Å². The van der Waals surface area contributed by atoms with Crippen molar-refractivity contribution in [2.24, 2.45) is 5.73 Å². The number of methoxy groups -OCH3 is 1. The van der Waals surface area contributed by atoms with Gasteiger partial charge in [-0.2, -0.15) is 0 Å². The van der Waals surface area contributed by atoms with Gasteiger partial charge >= 0.3 is 0 Å². The lowest BCUT2D eigenvalue weighted by molar-refractivity contribution is -0.132. The molecule has 0 heterocycles. The Morgan fingerprint density at radius 3 is 2.67 bits per heavy atom. The Hall–Kier alpha value is -0.870. The topological polar surface area (TPSA) is 55.6 Å². The molecule has 1 amide bonds. The summed E-state index contributed by atoms with van der Waals surface area (Å²) in [5.41, 5.74) is 6.03. The number of nitrogens with zero attached hydrogens (tertiary/aromatic N) is 1. The predicted molar refractivity (Wildman–Crippen MR) is 73.3 cm³/mol. The summed E-state index contributed by atoms with van der Waals surface area (Å²) in [4.78, 5) is 14.0. The average Bonchev–Trinajstić information content (AvgIpc) is 2.34. The first-order valence-electron chi connectivity index (χ1n) is 6.78. The molecule has 0 spiro atoms. The van der Waals surface area contributed by atoms with Gasteiger partial charge in [0.1, 0.15) is 0 Å². The summed E-state index contributed by atoms with van der Waals surface area (Å²) in [6, 6.07) is 0. The summed E-state index contributed by atoms with van der Waals surface area (Å²) in [5.74, 6) is 0.122. The molecule has 0 radical (unpaired) electrons. The lowest BCUT2D eigenvalue weighted by atomic mass is 9.80. The third-order valence-corrected chi connectivity index (χ3v) is 3.62. The zero-order valence-electron chi connectivity index (χ0n) is 11.5. The highest BCUT2D eigenvalue weighted by molar-refractivity contribution is 5.77. The molecule has 0 aromatic carbocycles. The van der Waals surface area contributed by atoms with Crippen LogP contribution in [0, 0.1) is 0 Å². The molecule has 4 heteroatoms. The number of hydrogen-bond acceptors (Lipinski definition) is 3. The van der Waals surface area contributed by atoms with Gasteiger partial charge in [-0.3, -0.25) is 4.79 Å². The first-order valence-corrected chi connectivity index (χ1v) is 6.78. The van der Waals surface area contributed by atoms with E-state index in [1.54, 1.807) is 18.1 Å². The Labute approximate surface area is 110 Å². The highest BCUT2D eigenvalue weighted by Gasteiger charge is 2.31. The van der Waals surface area contributed by atoms with Gasteiger partial charge in [0.25, 0.3) is 0 Å². The maximum Gasteiger partial charge on any atom is 0.224 e. The standard InChI is InChI=1S/C14H26N2O2/c1-3-9-16(10-11-18-2)13(17)12-14(15)7-5-4-6-8-14/h3H,1,4-12,15H2,2H3. The fourth-order valence-electron chi connectivity index (χ4n) is 2.52. The van der Waals surface area contributed by atoms with Gasteiger partial charge in [0.05, 0.1) is 6.61 Å². The first-order chi connectivity index (χ1) is 8.61. The van der Waals surface area contributed by atoms with Crippen LogP contribution in [-0.4, -0.2) is 43.2 Å². The van der Waals surface area contributed by atoms with Crippen LogP contribution < -0.4 is 5.73 Å². The molecule has 0 aromatic heterocycles. The Morgan fingerprint density at radius 1 is 1.44 bits per heavy atom. The minimum atomic E-state index is -0.290. The predicted octanol–water partition coefficient (Wildman–Crippen LogP) is 1.70. The minimum absolute atomic E-state index is 0.122. The number of ether oxygens (including phenoxy) is 1. The summed E-state index contributed by atoms with van der Waals surface area (Å²) in [7, 11) is 1.64. The fourth-order valence-corrected chi connectivity index (χ4v) is 2.52. The van der Waals surface area contributed by atoms with Crippen molar-refractivity contribution >= 4 is 5.91 Å². The van der Waals surface area contributed by atoms with E-state index in [1.165, 1.54) is 6.42 Å². The van der Waals surface area contributed by atoms with E-state index in [0.29, 0.717) is 26.1 Å². The molecule has 0 unspecified atom stereocenters. The van der Waals surface area contributed by atoms with E-state index in [9.17, 15) is 4.79 Å². The van der Waals surface area contributed by atoms with E-state index in [-0.39, 0.29) is 11.4 Å². The third kappa shape index (κ3) is 4.78. The lowest BCUT2D eigenvalue weighted by Gasteiger charge is -2.34. The molecule has 0 aliphatic heterocycles. The minimum Gasteiger partial charge on any atom is -0.383 e. The molecular formula is C14H26N2O2. The summed E-state index contributed by atoms with van der Waals surface area (Å²) in [6.45, 7) is 5.42. The lowest BCUT2D eigenvalue weighted by Crippen LogP contribution is -2.47. The highest BCUT2D eigenvalue weighted by atomic mass is 16.5. The summed E-state index contributed by atoms with van der Waals surface area (Å²) >= 11 is 0. The fraction of sp³-hybridized carbons (Fsp3) is 0.786. The molecule has 1 rings (SSSR count). The van der Waals surface area contributed by atoms with Gasteiger partial charge in [0.15, 0.2) is 0 Å². The molecule has 0 bridgehead atoms. The Morgan fingerprint density at radius 2 is 2.11 bits per heavy atom. The monoisotopic (exact) mass is 254 g/mol. The first kappa shape index (κ1) is 15.2. The quantitative estimate of drug-likeness (QED) is 0.704. The average molecular weight is 254 g/mol. The van der Waals surface area contributed by atoms with Crippen molar-refractivity contribution in [3.63, 3.8) is 0 Å². The number of rotatable bonds is 7. The summed E-state index contributed by atoms with van der Waals surface area (Å²) in [6.07, 6.45) is 7.65. The normalized spacial score (nSPS) is 18.3. The van der Waals surface area contributed by atoms with Crippen LogP contribution in [0.15, 0.2) is 12.7 Å². The zero-order valence-corrected chi connectivity index (χ0v) is 11.5. The van der Waals surface area contributed by atoms with Crippen LogP contribution in [0.25, 0.3) is 0 Å². The van der Waals surface area contributed by atoms with Crippen molar-refractivity contribution in [2.75, 3.05) is 26.8 Å². The molecule has 0 atom stereocenters. The van der Waals surface area contributed by atoms with Gasteiger partial charge in [0, 0.05) is 32.2 Å². The van der Waals surface area contributed by atoms with Crippen LogP contribution >= 0.6 is 0 Å². The molecule has 1 aliphatic rings. The second-order valence-electron chi connectivity index (χ2n) is 5.22. The van der Waals surface area contributed by atoms with Crippen LogP contribution in [0.3, 0.4) is 0 Å². The second-order valence-corrected chi connectivity index (χ2v) is 5.22. The van der Waals surface area contributed by atoms with E-state index in [0.717, 1.165) is 25.7 Å². The van der Waals surface area contributed by atoms with Crippen LogP contribution in [0.4, 0.5) is 0 Å². The van der Waals surface area contributed by atoms with Gasteiger partial charge in [-0.15, -0.1) is 6.58 Å². The molecule has 1 saturated carbocycles. The highest BCUT2D eigenvalue weighted by Crippen LogP contribution is 2.29. The molecule has 0 saturated heterocycles. The van der Waals surface area contributed by atoms with E-state index >= 15 is 0 Å². The molecule has 1 aliphatic carbocycles. The van der Waals surface area contributed by atoms with Crippen molar-refractivity contribution in [1.82, 2.24) is 4.90 Å². The number of carbonyl (C=O) groups is 1. The molecule has 18 heavy (non-hydrogen) atoms. The molecule has 4 nitrogen and oxygen atoms in total. The maximum absolute atomic E-state index is 12.3. The van der Waals surface area contributed by atoms with Crippen molar-refractivity contribution in [3.8, 4) is 0 Å². The number of carbonyl (C=O) groups excluding carboxylic acids is 1. The Balaban J connectivity index is 2.50. The van der Waals surface area contributed by atoms with Crippen molar-refractivity contribution in [2.45, 2.75) is 44.1 Å². The van der Waals surface area contributed by atoms with Gasteiger partial charge in [-0.05, 0) is 12.8 Å². The zero-order chi connectivity index (χ0) is 13.4. The van der Waals surface area contributed by atoms with E-state index in [4.69, 9.17) is 10.5 Å². The SMILES string of the molecule is C=CCN(CCOC)C(=O)CC1(N)CCCCC1. The largest absolute Gasteiger partial charge is 0.383 e. The van der Waals surface area contributed by atoms with Crippen LogP contribution in [0.2, 0.25) is 0 Å². The molecule has 0 aromatic rings. The van der Waals surface area contributed by atoms with Gasteiger partial charge in [0.2, 0.25) is 5.91 Å². The smallest absolute Gasteiger partial charge is 0.224 e. The van der Waals surface area contributed by atoms with Crippen molar-refractivity contribution in [3.05, 3.63) is 12.7 Å². The van der Waals surface area contributed by atoms with Gasteiger partial charge < -0.3 is 15.4 Å².